The van der Waals surface area contributed by atoms with E-state index in [9.17, 15) is 9.59 Å². The van der Waals surface area contributed by atoms with Gasteiger partial charge in [-0.1, -0.05) is 30.9 Å². The summed E-state index contributed by atoms with van der Waals surface area (Å²) in [6, 6.07) is 6.62. The SMILES string of the molecule is C=CCOC(=O)Nc1nc(C(=O)O)c2ccccc2n1. The van der Waals surface area contributed by atoms with Gasteiger partial charge in [-0.3, -0.25) is 5.32 Å². The van der Waals surface area contributed by atoms with Crippen LogP contribution in [0.2, 0.25) is 0 Å². The van der Waals surface area contributed by atoms with Crippen LogP contribution in [0.5, 0.6) is 0 Å². The molecule has 0 fully saturated rings. The summed E-state index contributed by atoms with van der Waals surface area (Å²) in [6.07, 6.45) is 0.625. The molecule has 0 saturated carbocycles. The molecule has 1 amide bonds. The molecule has 7 nitrogen and oxygen atoms in total. The van der Waals surface area contributed by atoms with Crippen molar-refractivity contribution in [2.24, 2.45) is 0 Å². The summed E-state index contributed by atoms with van der Waals surface area (Å²) in [5, 5.41) is 11.8. The number of aromatic nitrogens is 2. The van der Waals surface area contributed by atoms with E-state index in [1.165, 1.54) is 6.08 Å². The molecule has 20 heavy (non-hydrogen) atoms. The molecule has 0 aliphatic heterocycles. The van der Waals surface area contributed by atoms with E-state index in [-0.39, 0.29) is 18.2 Å². The van der Waals surface area contributed by atoms with Gasteiger partial charge in [0, 0.05) is 5.39 Å². The van der Waals surface area contributed by atoms with Gasteiger partial charge in [0.2, 0.25) is 5.95 Å². The van der Waals surface area contributed by atoms with E-state index in [0.717, 1.165) is 0 Å². The third kappa shape index (κ3) is 2.89. The zero-order chi connectivity index (χ0) is 14.5. The maximum absolute atomic E-state index is 11.4. The van der Waals surface area contributed by atoms with Gasteiger partial charge in [0.15, 0.2) is 5.69 Å². The number of carboxylic acids is 1. The predicted octanol–water partition coefficient (Wildman–Crippen LogP) is 2.06. The molecule has 0 unspecified atom stereocenters. The number of carboxylic acid groups (broad SMARTS) is 1. The molecule has 0 bridgehead atoms. The fourth-order valence-corrected chi connectivity index (χ4v) is 1.56. The lowest BCUT2D eigenvalue weighted by Gasteiger charge is -2.07. The summed E-state index contributed by atoms with van der Waals surface area (Å²) in [7, 11) is 0. The van der Waals surface area contributed by atoms with Crippen LogP contribution in [-0.2, 0) is 4.74 Å². The van der Waals surface area contributed by atoms with Gasteiger partial charge >= 0.3 is 12.1 Å². The number of hydrogen-bond acceptors (Lipinski definition) is 5. The number of benzene rings is 1. The van der Waals surface area contributed by atoms with Gasteiger partial charge in [-0.15, -0.1) is 0 Å². The molecule has 2 aromatic rings. The number of anilines is 1. The van der Waals surface area contributed by atoms with E-state index in [2.05, 4.69) is 21.9 Å². The van der Waals surface area contributed by atoms with Crippen molar-refractivity contribution in [3.63, 3.8) is 0 Å². The standard InChI is InChI=1S/C13H11N3O4/c1-2-7-20-13(19)16-12-14-9-6-4-3-5-8(9)10(15-12)11(17)18/h2-6H,1,7H2,(H,17,18)(H,14,15,16,19). The Labute approximate surface area is 113 Å². The Morgan fingerprint density at radius 2 is 2.10 bits per heavy atom. The second-order valence-electron chi connectivity index (χ2n) is 3.73. The summed E-state index contributed by atoms with van der Waals surface area (Å²) in [5.41, 5.74) is 0.230. The lowest BCUT2D eigenvalue weighted by atomic mass is 10.2. The van der Waals surface area contributed by atoms with E-state index in [4.69, 9.17) is 9.84 Å². The highest BCUT2D eigenvalue weighted by Crippen LogP contribution is 2.17. The number of carbonyl (C=O) groups excluding carboxylic acids is 1. The molecule has 0 saturated heterocycles. The van der Waals surface area contributed by atoms with Gasteiger partial charge in [-0.05, 0) is 6.07 Å². The van der Waals surface area contributed by atoms with Crippen LogP contribution in [0.15, 0.2) is 36.9 Å². The van der Waals surface area contributed by atoms with Gasteiger partial charge in [0.25, 0.3) is 0 Å². The van der Waals surface area contributed by atoms with Gasteiger partial charge in [-0.2, -0.15) is 0 Å². The molecule has 102 valence electrons. The minimum atomic E-state index is -1.20. The summed E-state index contributed by atoms with van der Waals surface area (Å²) in [6.45, 7) is 3.44. The number of amides is 1. The quantitative estimate of drug-likeness (QED) is 0.827. The summed E-state index contributed by atoms with van der Waals surface area (Å²) >= 11 is 0. The van der Waals surface area contributed by atoms with Crippen LogP contribution in [-0.4, -0.2) is 33.7 Å². The first-order valence-corrected chi connectivity index (χ1v) is 5.66. The average molecular weight is 273 g/mol. The number of nitrogens with one attached hydrogen (secondary N) is 1. The van der Waals surface area contributed by atoms with Gasteiger partial charge in [0.05, 0.1) is 5.52 Å². The zero-order valence-electron chi connectivity index (χ0n) is 10.4. The molecular weight excluding hydrogens is 262 g/mol. The number of nitrogens with zero attached hydrogens (tertiary/aromatic N) is 2. The maximum Gasteiger partial charge on any atom is 0.414 e. The number of carbonyl (C=O) groups is 2. The van der Waals surface area contributed by atoms with Crippen LogP contribution in [0.4, 0.5) is 10.7 Å². The largest absolute Gasteiger partial charge is 0.476 e. The molecule has 1 aromatic carbocycles. The van der Waals surface area contributed by atoms with Crippen LogP contribution in [0.1, 0.15) is 10.5 Å². The summed E-state index contributed by atoms with van der Waals surface area (Å²) < 4.78 is 4.71. The predicted molar refractivity (Wildman–Crippen MR) is 71.7 cm³/mol. The van der Waals surface area contributed by atoms with Crippen LogP contribution in [0, 0.1) is 0 Å². The van der Waals surface area contributed by atoms with Gasteiger partial charge < -0.3 is 9.84 Å². The molecule has 0 aliphatic carbocycles. The number of aromatic carboxylic acids is 1. The molecule has 0 radical (unpaired) electrons. The van der Waals surface area contributed by atoms with Crippen molar-refractivity contribution in [2.45, 2.75) is 0 Å². The number of fused-ring (bicyclic) bond motifs is 1. The zero-order valence-corrected chi connectivity index (χ0v) is 10.4. The van der Waals surface area contributed by atoms with Crippen molar-refractivity contribution in [1.82, 2.24) is 9.97 Å². The molecule has 0 aliphatic rings. The van der Waals surface area contributed by atoms with E-state index in [0.29, 0.717) is 10.9 Å². The Balaban J connectivity index is 2.37. The fraction of sp³-hybridized carbons (Fsp3) is 0.0769. The van der Waals surface area contributed by atoms with E-state index >= 15 is 0 Å². The maximum atomic E-state index is 11.4. The normalized spacial score (nSPS) is 10.0. The number of para-hydroxylation sites is 1. The van der Waals surface area contributed by atoms with Crippen LogP contribution >= 0.6 is 0 Å². The fourth-order valence-electron chi connectivity index (χ4n) is 1.56. The van der Waals surface area contributed by atoms with Crippen molar-refractivity contribution in [2.75, 3.05) is 11.9 Å². The number of ether oxygens (including phenoxy) is 1. The lowest BCUT2D eigenvalue weighted by Crippen LogP contribution is -2.17. The third-order valence-corrected chi connectivity index (χ3v) is 2.35. The second kappa shape index (κ2) is 5.79. The molecule has 2 rings (SSSR count). The molecule has 0 spiro atoms. The third-order valence-electron chi connectivity index (χ3n) is 2.35. The van der Waals surface area contributed by atoms with Crippen molar-refractivity contribution in [3.8, 4) is 0 Å². The molecule has 7 heteroatoms. The highest BCUT2D eigenvalue weighted by Gasteiger charge is 2.15. The first-order chi connectivity index (χ1) is 9.61. The van der Waals surface area contributed by atoms with E-state index in [1.54, 1.807) is 24.3 Å². The lowest BCUT2D eigenvalue weighted by molar-refractivity contribution is 0.0692. The highest BCUT2D eigenvalue weighted by atomic mass is 16.5. The van der Waals surface area contributed by atoms with Crippen molar-refractivity contribution in [1.29, 1.82) is 0 Å². The van der Waals surface area contributed by atoms with E-state index < -0.39 is 12.1 Å². The first-order valence-electron chi connectivity index (χ1n) is 5.66. The van der Waals surface area contributed by atoms with Crippen LogP contribution in [0.25, 0.3) is 10.9 Å². The van der Waals surface area contributed by atoms with Crippen LogP contribution < -0.4 is 5.32 Å². The van der Waals surface area contributed by atoms with Gasteiger partial charge in [0.1, 0.15) is 6.61 Å². The Hall–Kier alpha value is -2.96. The summed E-state index contributed by atoms with van der Waals surface area (Å²) in [4.78, 5) is 30.4. The Bertz CT molecular complexity index is 684. The number of hydrogen-bond donors (Lipinski definition) is 2. The Kier molecular flexibility index (Phi) is 3.90. The van der Waals surface area contributed by atoms with Crippen LogP contribution in [0.3, 0.4) is 0 Å². The summed E-state index contributed by atoms with van der Waals surface area (Å²) in [5.74, 6) is -1.33. The minimum Gasteiger partial charge on any atom is -0.476 e. The molecule has 1 aromatic heterocycles. The van der Waals surface area contributed by atoms with Crippen molar-refractivity contribution in [3.05, 3.63) is 42.6 Å². The van der Waals surface area contributed by atoms with Crippen molar-refractivity contribution >= 4 is 28.9 Å². The molecule has 2 N–H and O–H groups in total. The minimum absolute atomic E-state index is 0.0329. The molecule has 1 heterocycles. The van der Waals surface area contributed by atoms with Gasteiger partial charge in [-0.25, -0.2) is 19.6 Å². The highest BCUT2D eigenvalue weighted by molar-refractivity contribution is 6.01. The Morgan fingerprint density at radius 3 is 2.80 bits per heavy atom. The molecular formula is C13H11N3O4. The topological polar surface area (TPSA) is 101 Å². The van der Waals surface area contributed by atoms with E-state index in [1.807, 2.05) is 0 Å². The van der Waals surface area contributed by atoms with Crippen molar-refractivity contribution < 1.29 is 19.4 Å². The average Bonchev–Trinajstić information content (AvgIpc) is 2.44. The molecule has 0 atom stereocenters. The second-order valence-corrected chi connectivity index (χ2v) is 3.73. The number of rotatable bonds is 4. The smallest absolute Gasteiger partial charge is 0.414 e. The Morgan fingerprint density at radius 1 is 1.35 bits per heavy atom. The monoisotopic (exact) mass is 273 g/mol. The first kappa shape index (κ1) is 13.5.